The molecular formula is C20H34NO2P. The number of nitrogens with zero attached hydrogens (tertiary/aromatic N) is 1. The lowest BCUT2D eigenvalue weighted by molar-refractivity contribution is -0.157. The van der Waals surface area contributed by atoms with Gasteiger partial charge in [0.05, 0.1) is 0 Å². The number of hydrogen-bond acceptors (Lipinski definition) is 2. The summed E-state index contributed by atoms with van der Waals surface area (Å²) in [4.78, 5) is 14.1. The minimum absolute atomic E-state index is 0.335. The number of hydrogen-bond donors (Lipinski definition) is 1. The van der Waals surface area contributed by atoms with Gasteiger partial charge in [0.15, 0.2) is 6.16 Å². The smallest absolute Gasteiger partial charge is 0.205 e. The molecule has 0 saturated carbocycles. The maximum absolute atomic E-state index is 11.3. The first-order valence-corrected chi connectivity index (χ1v) is 11.0. The zero-order valence-corrected chi connectivity index (χ0v) is 16.1. The van der Waals surface area contributed by atoms with E-state index < -0.39 is 7.94 Å². The van der Waals surface area contributed by atoms with Gasteiger partial charge in [-0.05, 0) is 24.8 Å². The molecule has 24 heavy (non-hydrogen) atoms. The van der Waals surface area contributed by atoms with Crippen LogP contribution in [0, 0.1) is 0 Å². The molecule has 4 heteroatoms. The molecule has 0 aromatic carbocycles. The van der Waals surface area contributed by atoms with Crippen molar-refractivity contribution in [2.75, 3.05) is 6.16 Å². The van der Waals surface area contributed by atoms with Gasteiger partial charge in [0.25, 0.3) is 0 Å². The largest absolute Gasteiger partial charge is 0.610 e. The highest BCUT2D eigenvalue weighted by Crippen LogP contribution is 2.23. The third-order valence-corrected chi connectivity index (χ3v) is 5.34. The van der Waals surface area contributed by atoms with E-state index in [2.05, 4.69) is 30.1 Å². The van der Waals surface area contributed by atoms with Crippen LogP contribution >= 0.6 is 7.94 Å². The van der Waals surface area contributed by atoms with E-state index >= 15 is 0 Å². The van der Waals surface area contributed by atoms with E-state index in [4.69, 9.17) is 5.21 Å². The molecule has 0 saturated heterocycles. The second kappa shape index (κ2) is 14.6. The van der Waals surface area contributed by atoms with Crippen LogP contribution in [0.2, 0.25) is 0 Å². The van der Waals surface area contributed by atoms with Gasteiger partial charge >= 0.3 is 0 Å². The van der Waals surface area contributed by atoms with Gasteiger partial charge in [0.1, 0.15) is 0 Å². The van der Waals surface area contributed by atoms with E-state index in [1.54, 1.807) is 0 Å². The summed E-state index contributed by atoms with van der Waals surface area (Å²) in [5.74, 6) is 0. The fourth-order valence-corrected chi connectivity index (χ4v) is 3.63. The van der Waals surface area contributed by atoms with Crippen LogP contribution in [-0.4, -0.2) is 11.4 Å². The van der Waals surface area contributed by atoms with Crippen molar-refractivity contribution < 1.29 is 10.1 Å². The Morgan fingerprint density at radius 2 is 1.46 bits per heavy atom. The maximum atomic E-state index is 11.3. The van der Waals surface area contributed by atoms with Crippen LogP contribution in [0.5, 0.6) is 0 Å². The molecule has 1 unspecified atom stereocenters. The molecule has 0 aromatic heterocycles. The minimum atomic E-state index is -1.86. The summed E-state index contributed by atoms with van der Waals surface area (Å²) in [5.41, 5.74) is 2.38. The van der Waals surface area contributed by atoms with Gasteiger partial charge in [-0.3, -0.25) is 0 Å². The summed E-state index contributed by atoms with van der Waals surface area (Å²) in [6.07, 6.45) is 24.5. The van der Waals surface area contributed by atoms with Crippen LogP contribution in [-0.2, 0) is 0 Å². The fraction of sp³-hybridized carbons (Fsp3) is 0.700. The summed E-state index contributed by atoms with van der Waals surface area (Å²) < 4.78 is 0. The van der Waals surface area contributed by atoms with Gasteiger partial charge in [-0.25, -0.2) is 5.21 Å². The quantitative estimate of drug-likeness (QED) is 0.236. The van der Waals surface area contributed by atoms with Crippen molar-refractivity contribution in [3.05, 3.63) is 35.5 Å². The summed E-state index contributed by atoms with van der Waals surface area (Å²) in [6.45, 7) is 2.27. The molecule has 3 nitrogen and oxygen atoms in total. The zero-order valence-electron chi connectivity index (χ0n) is 15.3. The number of unbranched alkanes of at least 4 members (excludes halogenated alkanes) is 9. The van der Waals surface area contributed by atoms with Gasteiger partial charge in [-0.15, -0.1) is 0 Å². The van der Waals surface area contributed by atoms with Gasteiger partial charge in [0, 0.05) is 4.91 Å². The molecule has 0 radical (unpaired) electrons. The third-order valence-electron chi connectivity index (χ3n) is 4.51. The van der Waals surface area contributed by atoms with Crippen molar-refractivity contribution in [1.82, 2.24) is 0 Å². The van der Waals surface area contributed by atoms with Crippen LogP contribution < -0.4 is 4.89 Å². The van der Waals surface area contributed by atoms with Crippen molar-refractivity contribution in [3.63, 3.8) is 0 Å². The second-order valence-corrected chi connectivity index (χ2v) is 7.86. The Morgan fingerprint density at radius 3 is 2.08 bits per heavy atom. The molecule has 1 aliphatic rings. The van der Waals surface area contributed by atoms with Gasteiger partial charge in [0.2, 0.25) is 7.94 Å². The summed E-state index contributed by atoms with van der Waals surface area (Å²) in [7, 11) is -1.86. The highest BCUT2D eigenvalue weighted by atomic mass is 31.1. The molecule has 1 N–H and O–H groups in total. The Balaban J connectivity index is 2.06. The lowest BCUT2D eigenvalue weighted by Crippen LogP contribution is -1.93. The van der Waals surface area contributed by atoms with Crippen LogP contribution in [0.3, 0.4) is 0 Å². The highest BCUT2D eigenvalue weighted by Gasteiger charge is 2.05. The second-order valence-electron chi connectivity index (χ2n) is 6.66. The summed E-state index contributed by atoms with van der Waals surface area (Å²) >= 11 is 0. The van der Waals surface area contributed by atoms with Gasteiger partial charge in [-0.2, -0.15) is 0 Å². The van der Waals surface area contributed by atoms with Crippen molar-refractivity contribution in [3.8, 4) is 0 Å². The molecule has 0 amide bonds. The van der Waals surface area contributed by atoms with Crippen LogP contribution in [0.25, 0.3) is 0 Å². The number of allylic oxidation sites excluding steroid dienone is 6. The molecule has 0 aromatic rings. The Labute approximate surface area is 149 Å². The third kappa shape index (κ3) is 10.9. The molecule has 1 rings (SSSR count). The Morgan fingerprint density at radius 1 is 0.917 bits per heavy atom. The Kier molecular flexibility index (Phi) is 12.9. The molecule has 0 fully saturated rings. The van der Waals surface area contributed by atoms with E-state index in [9.17, 15) is 4.89 Å². The molecular weight excluding hydrogens is 317 g/mol. The predicted molar refractivity (Wildman–Crippen MR) is 102 cm³/mol. The monoisotopic (exact) mass is 351 g/mol. The van der Waals surface area contributed by atoms with Crippen molar-refractivity contribution in [2.24, 2.45) is 4.91 Å². The normalized spacial score (nSPS) is 15.2. The standard InChI is InChI=1S/C20H34NO2P/c1-2-3-4-5-6-7-8-9-10-11-13-19-14-12-15-20(17-16-19)18-24(23)21-22/h14-17,22H,2-13,18H2,1H3. The Hall–Kier alpha value is -0.760. The SMILES string of the molecule is CCCCCCCCCCCCC1=CCC=C(C[P+]([O-])=NO)C=C1. The fourth-order valence-electron chi connectivity index (χ4n) is 3.02. The van der Waals surface area contributed by atoms with Crippen molar-refractivity contribution >= 4 is 7.94 Å². The average Bonchev–Trinajstić information content (AvgIpc) is 2.81. The molecule has 136 valence electrons. The highest BCUT2D eigenvalue weighted by molar-refractivity contribution is 7.39. The minimum Gasteiger partial charge on any atom is -0.610 e. The summed E-state index contributed by atoms with van der Waals surface area (Å²) in [5, 5.41) is 8.52. The molecule has 0 bridgehead atoms. The molecule has 0 aliphatic heterocycles. The predicted octanol–water partition coefficient (Wildman–Crippen LogP) is 6.44. The lowest BCUT2D eigenvalue weighted by Gasteiger charge is -2.03. The maximum Gasteiger partial charge on any atom is 0.205 e. The van der Waals surface area contributed by atoms with E-state index in [1.807, 2.05) is 6.08 Å². The average molecular weight is 351 g/mol. The molecule has 1 atom stereocenters. The van der Waals surface area contributed by atoms with Crippen LogP contribution in [0.15, 0.2) is 40.4 Å². The number of rotatable bonds is 13. The molecule has 0 heterocycles. The lowest BCUT2D eigenvalue weighted by atomic mass is 10.0. The molecule has 0 spiro atoms. The molecule has 1 aliphatic carbocycles. The van der Waals surface area contributed by atoms with E-state index in [0.29, 0.717) is 6.16 Å². The van der Waals surface area contributed by atoms with Crippen molar-refractivity contribution in [1.29, 1.82) is 0 Å². The van der Waals surface area contributed by atoms with Crippen LogP contribution in [0.4, 0.5) is 0 Å². The van der Waals surface area contributed by atoms with E-state index in [1.165, 1.54) is 69.8 Å². The first kappa shape index (κ1) is 21.3. The first-order valence-electron chi connectivity index (χ1n) is 9.62. The van der Waals surface area contributed by atoms with Gasteiger partial charge < -0.3 is 4.89 Å². The Bertz CT molecular complexity index is 453. The van der Waals surface area contributed by atoms with Crippen LogP contribution in [0.1, 0.15) is 84.0 Å². The zero-order chi connectivity index (χ0) is 17.5. The van der Waals surface area contributed by atoms with Gasteiger partial charge in [-0.1, -0.05) is 94.6 Å². The first-order chi connectivity index (χ1) is 11.8. The van der Waals surface area contributed by atoms with Crippen molar-refractivity contribution in [2.45, 2.75) is 84.0 Å². The van der Waals surface area contributed by atoms with E-state index in [-0.39, 0.29) is 0 Å². The van der Waals surface area contributed by atoms with E-state index in [0.717, 1.165) is 18.4 Å². The summed E-state index contributed by atoms with van der Waals surface area (Å²) in [6, 6.07) is 0. The topological polar surface area (TPSA) is 55.7 Å².